The predicted molar refractivity (Wildman–Crippen MR) is 155 cm³/mol. The van der Waals surface area contributed by atoms with Gasteiger partial charge < -0.3 is 10.3 Å². The van der Waals surface area contributed by atoms with Crippen LogP contribution in [0.3, 0.4) is 0 Å². The number of aromatic amines is 1. The van der Waals surface area contributed by atoms with Crippen LogP contribution in [0.25, 0.3) is 10.9 Å². The van der Waals surface area contributed by atoms with E-state index in [-0.39, 0.29) is 22.7 Å². The summed E-state index contributed by atoms with van der Waals surface area (Å²) in [5.74, 6) is 0.268. The third kappa shape index (κ3) is 6.01. The molecule has 226 valence electrons. The zero-order valence-corrected chi connectivity index (χ0v) is 24.3. The number of anilines is 2. The first-order valence-electron chi connectivity index (χ1n) is 13.5. The first kappa shape index (κ1) is 30.3. The average Bonchev–Trinajstić information content (AvgIpc) is 3.34. The second-order valence-electron chi connectivity index (χ2n) is 10.8. The van der Waals surface area contributed by atoms with E-state index in [9.17, 15) is 31.6 Å². The number of nitriles is 1. The Morgan fingerprint density at radius 1 is 1.07 bits per heavy atom. The van der Waals surface area contributed by atoms with Gasteiger partial charge in [0.15, 0.2) is 5.82 Å². The third-order valence-corrected chi connectivity index (χ3v) is 9.66. The van der Waals surface area contributed by atoms with E-state index in [0.717, 1.165) is 22.0 Å². The molecule has 0 saturated carbocycles. The number of aromatic nitrogens is 3. The number of likely N-dealkylation sites (tertiary alicyclic amines) is 1. The number of halogens is 3. The van der Waals surface area contributed by atoms with Crippen molar-refractivity contribution in [1.29, 1.82) is 5.26 Å². The Labute approximate surface area is 246 Å². The van der Waals surface area contributed by atoms with Crippen LogP contribution in [0.4, 0.5) is 24.7 Å². The number of nitrogens with zero attached hydrogens (tertiary/aromatic N) is 5. The van der Waals surface area contributed by atoms with Gasteiger partial charge >= 0.3 is 6.18 Å². The molecule has 14 heteroatoms. The van der Waals surface area contributed by atoms with Crippen molar-refractivity contribution in [3.63, 3.8) is 0 Å². The third-order valence-electron chi connectivity index (χ3n) is 7.83. The van der Waals surface area contributed by atoms with Gasteiger partial charge in [-0.1, -0.05) is 12.1 Å². The molecule has 10 nitrogen and oxygen atoms in total. The minimum Gasteiger partial charge on any atom is -0.338 e. The van der Waals surface area contributed by atoms with Gasteiger partial charge in [-0.2, -0.15) is 23.5 Å². The topological polar surface area (TPSA) is 127 Å². The van der Waals surface area contributed by atoms with Crippen molar-refractivity contribution in [3.8, 4) is 6.07 Å². The van der Waals surface area contributed by atoms with Crippen LogP contribution in [0, 0.1) is 11.3 Å². The maximum atomic E-state index is 13.0. The lowest BCUT2D eigenvalue weighted by Gasteiger charge is -2.41. The van der Waals surface area contributed by atoms with E-state index in [1.807, 2.05) is 0 Å². The summed E-state index contributed by atoms with van der Waals surface area (Å²) in [5, 5.41) is 18.0. The molecular weight excluding hydrogens is 583 g/mol. The minimum atomic E-state index is -4.39. The van der Waals surface area contributed by atoms with E-state index in [1.54, 1.807) is 22.9 Å². The fourth-order valence-corrected chi connectivity index (χ4v) is 6.28. The zero-order valence-electron chi connectivity index (χ0n) is 23.5. The number of benzene rings is 2. The Balaban J connectivity index is 1.41. The van der Waals surface area contributed by atoms with Crippen molar-refractivity contribution in [3.05, 3.63) is 82.3 Å². The Morgan fingerprint density at radius 3 is 2.30 bits per heavy atom. The monoisotopic (exact) mass is 613 g/mol. The van der Waals surface area contributed by atoms with Crippen LogP contribution in [0.1, 0.15) is 30.4 Å². The fraction of sp³-hybridized carbons (Fsp3) is 0.345. The number of pyridine rings is 1. The molecule has 0 amide bonds. The van der Waals surface area contributed by atoms with Crippen LogP contribution < -0.4 is 10.9 Å². The number of rotatable bonds is 8. The molecule has 2 N–H and O–H groups in total. The lowest BCUT2D eigenvalue weighted by atomic mass is 9.84. The van der Waals surface area contributed by atoms with E-state index < -0.39 is 27.3 Å². The molecule has 0 spiro atoms. The summed E-state index contributed by atoms with van der Waals surface area (Å²) in [4.78, 5) is 17.9. The normalized spacial score (nSPS) is 15.9. The van der Waals surface area contributed by atoms with Crippen molar-refractivity contribution in [2.45, 2.75) is 42.4 Å². The van der Waals surface area contributed by atoms with Crippen LogP contribution in [0.2, 0.25) is 0 Å². The smallest absolute Gasteiger partial charge is 0.338 e. The highest BCUT2D eigenvalue weighted by Crippen LogP contribution is 2.38. The fourth-order valence-electron chi connectivity index (χ4n) is 5.38. The van der Waals surface area contributed by atoms with Gasteiger partial charge in [0.2, 0.25) is 10.0 Å². The van der Waals surface area contributed by atoms with Crippen molar-refractivity contribution < 1.29 is 21.6 Å². The molecule has 2 aromatic carbocycles. The summed E-state index contributed by atoms with van der Waals surface area (Å²) in [6.07, 6.45) is -1.67. The molecule has 1 saturated heterocycles. The summed E-state index contributed by atoms with van der Waals surface area (Å²) in [5.41, 5.74) is 0.0406. The number of alkyl halides is 3. The largest absolute Gasteiger partial charge is 0.416 e. The second-order valence-corrected chi connectivity index (χ2v) is 12.9. The lowest BCUT2D eigenvalue weighted by Crippen LogP contribution is -2.46. The van der Waals surface area contributed by atoms with Crippen molar-refractivity contribution in [1.82, 2.24) is 24.0 Å². The highest BCUT2D eigenvalue weighted by atomic mass is 32.2. The zero-order chi connectivity index (χ0) is 31.0. The molecule has 1 aliphatic rings. The van der Waals surface area contributed by atoms with Gasteiger partial charge in [0.1, 0.15) is 5.39 Å². The Hall–Kier alpha value is -4.19. The summed E-state index contributed by atoms with van der Waals surface area (Å²) in [6.45, 7) is 1.60. The number of fused-ring (bicyclic) bond motifs is 1. The molecule has 3 heterocycles. The van der Waals surface area contributed by atoms with Crippen LogP contribution in [-0.2, 0) is 28.3 Å². The van der Waals surface area contributed by atoms with E-state index in [4.69, 9.17) is 5.10 Å². The van der Waals surface area contributed by atoms with Crippen LogP contribution in [0.15, 0.2) is 70.5 Å². The van der Waals surface area contributed by atoms with Gasteiger partial charge in [0.05, 0.1) is 34.0 Å². The van der Waals surface area contributed by atoms with Crippen LogP contribution >= 0.6 is 0 Å². The van der Waals surface area contributed by atoms with Gasteiger partial charge in [-0.15, -0.1) is 0 Å². The molecule has 0 radical (unpaired) electrons. The molecular formula is C29H30F3N7O3S. The molecule has 0 aliphatic carbocycles. The summed E-state index contributed by atoms with van der Waals surface area (Å²) in [6, 6.07) is 15.2. The lowest BCUT2D eigenvalue weighted by molar-refractivity contribution is -0.137. The Kier molecular flexibility index (Phi) is 8.08. The number of sulfonamides is 1. The first-order chi connectivity index (χ1) is 20.3. The summed E-state index contributed by atoms with van der Waals surface area (Å²) in [7, 11) is -0.720. The molecule has 1 fully saturated rings. The highest BCUT2D eigenvalue weighted by Gasteiger charge is 2.39. The van der Waals surface area contributed by atoms with Gasteiger partial charge in [-0.25, -0.2) is 12.7 Å². The quantitative estimate of drug-likeness (QED) is 0.296. The first-order valence-corrected chi connectivity index (χ1v) is 14.9. The Bertz CT molecular complexity index is 1820. The van der Waals surface area contributed by atoms with Crippen LogP contribution in [0.5, 0.6) is 0 Å². The highest BCUT2D eigenvalue weighted by molar-refractivity contribution is 7.89. The van der Waals surface area contributed by atoms with Gasteiger partial charge in [-0.05, 0) is 60.9 Å². The molecule has 4 aromatic rings. The van der Waals surface area contributed by atoms with Gasteiger partial charge in [0.25, 0.3) is 5.56 Å². The summed E-state index contributed by atoms with van der Waals surface area (Å²) >= 11 is 0. The Morgan fingerprint density at radius 2 is 1.72 bits per heavy atom. The molecule has 1 aliphatic heterocycles. The molecule has 0 bridgehead atoms. The van der Waals surface area contributed by atoms with Crippen LogP contribution in [-0.4, -0.2) is 59.6 Å². The number of hydrogen-bond donors (Lipinski definition) is 2. The molecule has 0 atom stereocenters. The standard InChI is InChI=1S/C29H30F3N7O3S/c1-37(2)43(41,42)23-9-7-22(8-10-23)35-26-25-24(11-16-34-27(25)40)39(36-26)28(12-15-33)13-17-38(18-14-28)19-20-3-5-21(6-4-20)29(30,31)32/h3-11,16H,12-14,17-19H2,1-2H3,(H,34,40)(H,35,36). The van der Waals surface area contributed by atoms with Gasteiger partial charge in [-0.3, -0.25) is 14.4 Å². The number of piperidine rings is 1. The predicted octanol–water partition coefficient (Wildman–Crippen LogP) is 4.64. The molecule has 2 aromatic heterocycles. The molecule has 5 rings (SSSR count). The SMILES string of the molecule is CN(C)S(=O)(=O)c1ccc(Nc2nn(C3(CC#N)CCN(Cc4ccc(C(F)(F)F)cc4)CC3)c3cc[nH]c(=O)c23)cc1. The second kappa shape index (κ2) is 11.5. The van der Waals surface area contributed by atoms with E-state index in [2.05, 4.69) is 21.3 Å². The maximum absolute atomic E-state index is 13.0. The van der Waals surface area contributed by atoms with Gasteiger partial charge in [0, 0.05) is 45.6 Å². The summed E-state index contributed by atoms with van der Waals surface area (Å²) < 4.78 is 66.6. The molecule has 0 unspecified atom stereocenters. The van der Waals surface area contributed by atoms with E-state index in [0.29, 0.717) is 49.1 Å². The molecule has 43 heavy (non-hydrogen) atoms. The van der Waals surface area contributed by atoms with E-state index >= 15 is 0 Å². The average molecular weight is 614 g/mol. The minimum absolute atomic E-state index is 0.118. The number of nitrogens with one attached hydrogen (secondary N) is 2. The maximum Gasteiger partial charge on any atom is 0.416 e. The number of hydrogen-bond acceptors (Lipinski definition) is 7. The van der Waals surface area contributed by atoms with Crippen molar-refractivity contribution in [2.24, 2.45) is 0 Å². The number of H-pyrrole nitrogens is 1. The van der Waals surface area contributed by atoms with Crippen molar-refractivity contribution >= 4 is 32.4 Å². The van der Waals surface area contributed by atoms with E-state index in [1.165, 1.54) is 44.6 Å². The van der Waals surface area contributed by atoms with Crippen molar-refractivity contribution in [2.75, 3.05) is 32.5 Å².